The van der Waals surface area contributed by atoms with Crippen LogP contribution in [0.1, 0.15) is 26.3 Å². The molecule has 6 nitrogen and oxygen atoms in total. The Morgan fingerprint density at radius 2 is 1.72 bits per heavy atom. The van der Waals surface area contributed by atoms with Gasteiger partial charge in [0.25, 0.3) is 11.8 Å². The third-order valence-electron chi connectivity index (χ3n) is 3.20. The number of hydrazone groups is 1. The van der Waals surface area contributed by atoms with Crippen molar-refractivity contribution >= 4 is 18.0 Å². The first-order valence-corrected chi connectivity index (χ1v) is 6.85. The van der Waals surface area contributed by atoms with Crippen molar-refractivity contribution in [2.24, 2.45) is 5.10 Å². The molecule has 0 aromatic heterocycles. The number of carbonyl (C=O) groups excluding carboxylic acids is 2. The van der Waals surface area contributed by atoms with Gasteiger partial charge in [-0.25, -0.2) is 23.7 Å². The smallest absolute Gasteiger partial charge is 0.276 e. The van der Waals surface area contributed by atoms with Gasteiger partial charge in [0.05, 0.1) is 17.3 Å². The van der Waals surface area contributed by atoms with E-state index in [-0.39, 0.29) is 5.56 Å². The second kappa shape index (κ2) is 7.58. The number of hydrogen-bond donors (Lipinski definition) is 2. The number of benzene rings is 2. The summed E-state index contributed by atoms with van der Waals surface area (Å²) in [6, 6.07) is 6.58. The molecule has 0 spiro atoms. The quantitative estimate of drug-likeness (QED) is 0.504. The van der Waals surface area contributed by atoms with Crippen molar-refractivity contribution in [1.82, 2.24) is 10.5 Å². The molecule has 0 atom stereocenters. The number of hydrogen-bond acceptors (Lipinski definition) is 4. The first-order valence-electron chi connectivity index (χ1n) is 6.85. The van der Waals surface area contributed by atoms with Crippen LogP contribution in [0.2, 0.25) is 0 Å². The van der Waals surface area contributed by atoms with Crippen LogP contribution in [0.15, 0.2) is 41.5 Å². The Kier molecular flexibility index (Phi) is 5.50. The van der Waals surface area contributed by atoms with Crippen LogP contribution in [0.25, 0.3) is 0 Å². The van der Waals surface area contributed by atoms with E-state index in [2.05, 4.69) is 5.10 Å². The van der Waals surface area contributed by atoms with Gasteiger partial charge in [-0.05, 0) is 24.3 Å². The summed E-state index contributed by atoms with van der Waals surface area (Å²) in [6.45, 7) is 0. The molecule has 2 rings (SSSR count). The Morgan fingerprint density at radius 1 is 1.12 bits per heavy atom. The summed E-state index contributed by atoms with van der Waals surface area (Å²) < 4.78 is 41.3. The second-order valence-electron chi connectivity index (χ2n) is 4.85. The van der Waals surface area contributed by atoms with Gasteiger partial charge in [0.1, 0.15) is 17.5 Å². The summed E-state index contributed by atoms with van der Waals surface area (Å²) >= 11 is 0. The van der Waals surface area contributed by atoms with Crippen LogP contribution in [0, 0.1) is 17.5 Å². The first kappa shape index (κ1) is 18.1. The normalized spacial score (nSPS) is 10.8. The average Bonchev–Trinajstić information content (AvgIpc) is 2.59. The van der Waals surface area contributed by atoms with E-state index in [0.717, 1.165) is 12.3 Å². The molecule has 0 radical (unpaired) electrons. The molecular formula is C16H12F3N3O3. The van der Waals surface area contributed by atoms with E-state index in [9.17, 15) is 22.8 Å². The summed E-state index contributed by atoms with van der Waals surface area (Å²) in [5.41, 5.74) is -0.0504. The minimum atomic E-state index is -1.13. The van der Waals surface area contributed by atoms with E-state index >= 15 is 0 Å². The molecule has 9 heteroatoms. The molecule has 0 aliphatic heterocycles. The Morgan fingerprint density at radius 3 is 2.28 bits per heavy atom. The highest BCUT2D eigenvalue weighted by Crippen LogP contribution is 2.15. The molecule has 2 aromatic carbocycles. The topological polar surface area (TPSA) is 82.0 Å². The molecule has 0 unspecified atom stereocenters. The fraction of sp³-hybridized carbons (Fsp3) is 0.0625. The average molecular weight is 351 g/mol. The maximum Gasteiger partial charge on any atom is 0.276 e. The van der Waals surface area contributed by atoms with E-state index in [0.29, 0.717) is 17.1 Å². The van der Waals surface area contributed by atoms with Crippen molar-refractivity contribution in [2.75, 3.05) is 7.05 Å². The number of carbonyl (C=O) groups is 2. The highest BCUT2D eigenvalue weighted by Gasteiger charge is 2.17. The van der Waals surface area contributed by atoms with Gasteiger partial charge in [-0.2, -0.15) is 5.10 Å². The number of nitrogens with one attached hydrogen (secondary N) is 1. The lowest BCUT2D eigenvalue weighted by Crippen LogP contribution is -2.22. The van der Waals surface area contributed by atoms with Gasteiger partial charge in [-0.3, -0.25) is 14.8 Å². The van der Waals surface area contributed by atoms with Gasteiger partial charge in [0.2, 0.25) is 0 Å². The molecule has 25 heavy (non-hydrogen) atoms. The van der Waals surface area contributed by atoms with Crippen LogP contribution in [0.5, 0.6) is 0 Å². The molecule has 0 heterocycles. The van der Waals surface area contributed by atoms with Crippen LogP contribution < -0.4 is 5.48 Å². The number of halogens is 3. The maximum absolute atomic E-state index is 13.9. The fourth-order valence-corrected chi connectivity index (χ4v) is 1.91. The predicted octanol–water partition coefficient (Wildman–Crippen LogP) is 2.33. The summed E-state index contributed by atoms with van der Waals surface area (Å²) in [6.07, 6.45) is 0.726. The van der Waals surface area contributed by atoms with Gasteiger partial charge in [0, 0.05) is 12.6 Å². The van der Waals surface area contributed by atoms with Gasteiger partial charge in [-0.1, -0.05) is 12.1 Å². The Labute approximate surface area is 140 Å². The van der Waals surface area contributed by atoms with Crippen LogP contribution in [0.4, 0.5) is 13.2 Å². The van der Waals surface area contributed by atoms with Crippen molar-refractivity contribution < 1.29 is 28.0 Å². The predicted molar refractivity (Wildman–Crippen MR) is 81.7 cm³/mol. The second-order valence-corrected chi connectivity index (χ2v) is 4.85. The number of nitrogens with zero attached hydrogens (tertiary/aromatic N) is 2. The van der Waals surface area contributed by atoms with E-state index in [4.69, 9.17) is 5.21 Å². The van der Waals surface area contributed by atoms with Crippen LogP contribution >= 0.6 is 0 Å². The first-order chi connectivity index (χ1) is 11.8. The minimum Gasteiger partial charge on any atom is -0.288 e. The number of rotatable bonds is 4. The third-order valence-corrected chi connectivity index (χ3v) is 3.20. The highest BCUT2D eigenvalue weighted by molar-refractivity contribution is 5.96. The summed E-state index contributed by atoms with van der Waals surface area (Å²) in [5.74, 6) is -4.92. The molecule has 0 fully saturated rings. The molecule has 0 saturated heterocycles. The van der Waals surface area contributed by atoms with Crippen molar-refractivity contribution in [1.29, 1.82) is 0 Å². The standard InChI is InChI=1S/C16H12F3N3O3/c1-22(16(24)10-4-2-3-5-12(10)17)20-8-11-13(18)6-9(7-14(11)19)15(23)21-25/h2-8,25H,1H3,(H,21,23). The monoisotopic (exact) mass is 351 g/mol. The fourth-order valence-electron chi connectivity index (χ4n) is 1.91. The van der Waals surface area contributed by atoms with Crippen LogP contribution in [-0.4, -0.2) is 35.3 Å². The van der Waals surface area contributed by atoms with Gasteiger partial charge < -0.3 is 0 Å². The molecule has 0 aliphatic carbocycles. The van der Waals surface area contributed by atoms with Crippen LogP contribution in [0.3, 0.4) is 0 Å². The molecule has 2 aromatic rings. The Hall–Kier alpha value is -3.20. The van der Waals surface area contributed by atoms with E-state index in [1.165, 1.54) is 30.7 Å². The molecule has 0 bridgehead atoms. The zero-order valence-electron chi connectivity index (χ0n) is 12.8. The molecular weight excluding hydrogens is 339 g/mol. The van der Waals surface area contributed by atoms with E-state index in [1.54, 1.807) is 0 Å². The SMILES string of the molecule is CN(N=Cc1c(F)cc(C(=O)NO)cc1F)C(=O)c1ccccc1F. The van der Waals surface area contributed by atoms with Crippen molar-refractivity contribution in [2.45, 2.75) is 0 Å². The van der Waals surface area contributed by atoms with Crippen molar-refractivity contribution in [3.05, 3.63) is 70.5 Å². The third kappa shape index (κ3) is 4.01. The summed E-state index contributed by atoms with van der Waals surface area (Å²) in [7, 11) is 1.19. The lowest BCUT2D eigenvalue weighted by molar-refractivity contribution is 0.0705. The molecule has 0 aliphatic rings. The van der Waals surface area contributed by atoms with Gasteiger partial charge in [0.15, 0.2) is 0 Å². The Balaban J connectivity index is 2.25. The summed E-state index contributed by atoms with van der Waals surface area (Å²) in [4.78, 5) is 23.2. The van der Waals surface area contributed by atoms with Gasteiger partial charge in [-0.15, -0.1) is 0 Å². The van der Waals surface area contributed by atoms with E-state index < -0.39 is 40.4 Å². The van der Waals surface area contributed by atoms with Gasteiger partial charge >= 0.3 is 0 Å². The molecule has 0 saturated carbocycles. The summed E-state index contributed by atoms with van der Waals surface area (Å²) in [5, 5.41) is 12.8. The zero-order chi connectivity index (χ0) is 18.6. The number of amides is 2. The minimum absolute atomic E-state index is 0.252. The molecule has 130 valence electrons. The molecule has 2 amide bonds. The number of hydroxylamine groups is 1. The van der Waals surface area contributed by atoms with Crippen LogP contribution in [-0.2, 0) is 0 Å². The maximum atomic E-state index is 13.9. The molecule has 2 N–H and O–H groups in total. The largest absolute Gasteiger partial charge is 0.288 e. The zero-order valence-corrected chi connectivity index (χ0v) is 12.8. The lowest BCUT2D eigenvalue weighted by Gasteiger charge is -2.11. The van der Waals surface area contributed by atoms with Crippen molar-refractivity contribution in [3.63, 3.8) is 0 Å². The highest BCUT2D eigenvalue weighted by atomic mass is 19.1. The van der Waals surface area contributed by atoms with Crippen molar-refractivity contribution in [3.8, 4) is 0 Å². The Bertz CT molecular complexity index is 833. The van der Waals surface area contributed by atoms with E-state index in [1.807, 2.05) is 0 Å². The lowest BCUT2D eigenvalue weighted by atomic mass is 10.1.